The Morgan fingerprint density at radius 1 is 1.37 bits per heavy atom. The van der Waals surface area contributed by atoms with Crippen LogP contribution in [0.25, 0.3) is 0 Å². The molecule has 0 unspecified atom stereocenters. The molecule has 5 nitrogen and oxygen atoms in total. The lowest BCUT2D eigenvalue weighted by Crippen LogP contribution is -2.35. The second-order valence-corrected chi connectivity index (χ2v) is 4.40. The summed E-state index contributed by atoms with van der Waals surface area (Å²) in [4.78, 5) is 6.51. The summed E-state index contributed by atoms with van der Waals surface area (Å²) in [6.45, 7) is 5.17. The van der Waals surface area contributed by atoms with Crippen LogP contribution in [-0.4, -0.2) is 44.7 Å². The molecule has 104 valence electrons. The van der Waals surface area contributed by atoms with Crippen molar-refractivity contribution in [1.29, 1.82) is 0 Å². The Kier molecular flexibility index (Phi) is 4.49. The smallest absolute Gasteiger partial charge is 0.194 e. The van der Waals surface area contributed by atoms with Crippen molar-refractivity contribution in [1.82, 2.24) is 10.2 Å². The number of likely N-dealkylation sites (N-methyl/N-ethyl adjacent to an activating group) is 1. The Bertz CT molecular complexity index is 460. The number of hydrogen-bond donors (Lipinski definition) is 1. The quantitative estimate of drug-likeness (QED) is 0.874. The molecule has 1 N–H and O–H groups in total. The molecule has 0 radical (unpaired) electrons. The molecule has 5 heteroatoms. The van der Waals surface area contributed by atoms with Crippen molar-refractivity contribution in [3.63, 3.8) is 0 Å². The zero-order valence-corrected chi connectivity index (χ0v) is 11.8. The Labute approximate surface area is 114 Å². The van der Waals surface area contributed by atoms with Gasteiger partial charge in [0.1, 0.15) is 0 Å². The summed E-state index contributed by atoms with van der Waals surface area (Å²) in [5.41, 5.74) is 1.14. The first kappa shape index (κ1) is 13.5. The average Bonchev–Trinajstić information content (AvgIpc) is 2.83. The van der Waals surface area contributed by atoms with Crippen LogP contribution < -0.4 is 14.8 Å². The molecular weight excluding hydrogens is 242 g/mol. The molecule has 1 aliphatic heterocycles. The van der Waals surface area contributed by atoms with Gasteiger partial charge < -0.3 is 19.7 Å². The van der Waals surface area contributed by atoms with E-state index in [4.69, 9.17) is 9.47 Å². The maximum atomic E-state index is 5.50. The summed E-state index contributed by atoms with van der Waals surface area (Å²) in [6.07, 6.45) is 0. The summed E-state index contributed by atoms with van der Waals surface area (Å²) in [7, 11) is 3.70. The molecule has 0 saturated carbocycles. The van der Waals surface area contributed by atoms with E-state index in [2.05, 4.69) is 15.2 Å². The third-order valence-corrected chi connectivity index (χ3v) is 3.04. The molecule has 1 aliphatic rings. The molecule has 1 heterocycles. The van der Waals surface area contributed by atoms with Crippen LogP contribution in [0.15, 0.2) is 23.2 Å². The zero-order valence-electron chi connectivity index (χ0n) is 11.8. The molecule has 0 aliphatic carbocycles. The predicted octanol–water partition coefficient (Wildman–Crippen LogP) is 1.48. The van der Waals surface area contributed by atoms with Gasteiger partial charge in [-0.1, -0.05) is 6.07 Å². The van der Waals surface area contributed by atoms with Crippen molar-refractivity contribution in [2.75, 3.05) is 33.9 Å². The monoisotopic (exact) mass is 263 g/mol. The lowest BCUT2D eigenvalue weighted by molar-refractivity contribution is 0.310. The van der Waals surface area contributed by atoms with Crippen molar-refractivity contribution in [3.05, 3.63) is 23.8 Å². The minimum Gasteiger partial charge on any atom is -0.493 e. The number of nitrogens with zero attached hydrogens (tertiary/aromatic N) is 2. The van der Waals surface area contributed by atoms with Crippen LogP contribution in [0, 0.1) is 0 Å². The van der Waals surface area contributed by atoms with Gasteiger partial charge in [0.25, 0.3) is 0 Å². The van der Waals surface area contributed by atoms with E-state index in [0.29, 0.717) is 6.61 Å². The highest BCUT2D eigenvalue weighted by Crippen LogP contribution is 2.27. The van der Waals surface area contributed by atoms with Gasteiger partial charge in [-0.3, -0.25) is 4.99 Å². The summed E-state index contributed by atoms with van der Waals surface area (Å²) < 4.78 is 10.8. The van der Waals surface area contributed by atoms with E-state index in [-0.39, 0.29) is 0 Å². The Morgan fingerprint density at radius 3 is 2.84 bits per heavy atom. The SMILES string of the molecule is CCOc1ccc(CNC2=NCCN2C)cc1OC. The van der Waals surface area contributed by atoms with Crippen LogP contribution in [0.2, 0.25) is 0 Å². The third kappa shape index (κ3) is 3.30. The average molecular weight is 263 g/mol. The third-order valence-electron chi connectivity index (χ3n) is 3.04. The van der Waals surface area contributed by atoms with Crippen LogP contribution in [0.5, 0.6) is 11.5 Å². The van der Waals surface area contributed by atoms with Gasteiger partial charge in [0.15, 0.2) is 17.5 Å². The molecule has 0 bridgehead atoms. The van der Waals surface area contributed by atoms with Gasteiger partial charge in [-0.05, 0) is 24.6 Å². The van der Waals surface area contributed by atoms with E-state index in [0.717, 1.165) is 42.7 Å². The maximum absolute atomic E-state index is 5.50. The molecule has 0 spiro atoms. The minimum absolute atomic E-state index is 0.634. The van der Waals surface area contributed by atoms with Gasteiger partial charge in [0, 0.05) is 20.1 Å². The number of aliphatic imine (C=N–C) groups is 1. The van der Waals surface area contributed by atoms with E-state index in [1.165, 1.54) is 0 Å². The first-order valence-corrected chi connectivity index (χ1v) is 6.53. The molecule has 19 heavy (non-hydrogen) atoms. The fourth-order valence-corrected chi connectivity index (χ4v) is 2.00. The largest absolute Gasteiger partial charge is 0.493 e. The van der Waals surface area contributed by atoms with Crippen LogP contribution in [0.4, 0.5) is 0 Å². The molecule has 0 aromatic heterocycles. The summed E-state index contributed by atoms with van der Waals surface area (Å²) in [6, 6.07) is 5.98. The number of hydrogen-bond acceptors (Lipinski definition) is 5. The maximum Gasteiger partial charge on any atom is 0.194 e. The van der Waals surface area contributed by atoms with Gasteiger partial charge in [-0.25, -0.2) is 0 Å². The standard InChI is InChI=1S/C14H21N3O2/c1-4-19-12-6-5-11(9-13(12)18-3)10-16-14-15-7-8-17(14)2/h5-6,9H,4,7-8,10H2,1-3H3,(H,15,16). The normalized spacial score (nSPS) is 14.3. The fraction of sp³-hybridized carbons (Fsp3) is 0.500. The Hall–Kier alpha value is -1.91. The second-order valence-electron chi connectivity index (χ2n) is 4.40. The lowest BCUT2D eigenvalue weighted by Gasteiger charge is -2.16. The van der Waals surface area contributed by atoms with Crippen molar-refractivity contribution >= 4 is 5.96 Å². The van der Waals surface area contributed by atoms with Gasteiger partial charge in [-0.2, -0.15) is 0 Å². The molecular formula is C14H21N3O2. The number of benzene rings is 1. The van der Waals surface area contributed by atoms with E-state index in [1.54, 1.807) is 7.11 Å². The fourth-order valence-electron chi connectivity index (χ4n) is 2.00. The number of methoxy groups -OCH3 is 1. The molecule has 1 aromatic rings. The van der Waals surface area contributed by atoms with E-state index in [1.807, 2.05) is 32.2 Å². The highest BCUT2D eigenvalue weighted by Gasteiger charge is 2.12. The molecule has 0 fully saturated rings. The Morgan fingerprint density at radius 2 is 2.21 bits per heavy atom. The molecule has 0 atom stereocenters. The van der Waals surface area contributed by atoms with Gasteiger partial charge in [0.05, 0.1) is 20.3 Å². The first-order valence-electron chi connectivity index (χ1n) is 6.53. The van der Waals surface area contributed by atoms with E-state index >= 15 is 0 Å². The lowest BCUT2D eigenvalue weighted by atomic mass is 10.2. The van der Waals surface area contributed by atoms with Crippen molar-refractivity contribution in [2.45, 2.75) is 13.5 Å². The van der Waals surface area contributed by atoms with Crippen LogP contribution >= 0.6 is 0 Å². The topological polar surface area (TPSA) is 46.1 Å². The highest BCUT2D eigenvalue weighted by atomic mass is 16.5. The van der Waals surface area contributed by atoms with Crippen molar-refractivity contribution < 1.29 is 9.47 Å². The summed E-state index contributed by atoms with van der Waals surface area (Å²) in [5.74, 6) is 2.50. The van der Waals surface area contributed by atoms with Crippen LogP contribution in [0.3, 0.4) is 0 Å². The molecule has 0 amide bonds. The van der Waals surface area contributed by atoms with E-state index < -0.39 is 0 Å². The van der Waals surface area contributed by atoms with Gasteiger partial charge in [0.2, 0.25) is 0 Å². The van der Waals surface area contributed by atoms with Crippen LogP contribution in [0.1, 0.15) is 12.5 Å². The number of rotatable bonds is 5. The zero-order chi connectivity index (χ0) is 13.7. The molecule has 0 saturated heterocycles. The molecule has 2 rings (SSSR count). The van der Waals surface area contributed by atoms with Crippen molar-refractivity contribution in [3.8, 4) is 11.5 Å². The Balaban J connectivity index is 2.00. The number of ether oxygens (including phenoxy) is 2. The van der Waals surface area contributed by atoms with Crippen molar-refractivity contribution in [2.24, 2.45) is 4.99 Å². The number of guanidine groups is 1. The predicted molar refractivity (Wildman–Crippen MR) is 75.9 cm³/mol. The van der Waals surface area contributed by atoms with Gasteiger partial charge >= 0.3 is 0 Å². The summed E-state index contributed by atoms with van der Waals surface area (Å²) >= 11 is 0. The second kappa shape index (κ2) is 6.31. The van der Waals surface area contributed by atoms with E-state index in [9.17, 15) is 0 Å². The molecule has 1 aromatic carbocycles. The number of nitrogens with one attached hydrogen (secondary N) is 1. The minimum atomic E-state index is 0.634. The van der Waals surface area contributed by atoms with Crippen LogP contribution in [-0.2, 0) is 6.54 Å². The van der Waals surface area contributed by atoms with Gasteiger partial charge in [-0.15, -0.1) is 0 Å². The highest BCUT2D eigenvalue weighted by molar-refractivity contribution is 5.81. The first-order chi connectivity index (χ1) is 9.24. The summed E-state index contributed by atoms with van der Waals surface area (Å²) in [5, 5.41) is 3.33.